The van der Waals surface area contributed by atoms with Crippen molar-refractivity contribution in [3.63, 3.8) is 0 Å². The monoisotopic (exact) mass is 400 g/mol. The van der Waals surface area contributed by atoms with Crippen LogP contribution in [0.25, 0.3) is 5.57 Å². The highest BCUT2D eigenvalue weighted by Gasteiger charge is 2.36. The van der Waals surface area contributed by atoms with Crippen LogP contribution < -0.4 is 5.32 Å². The van der Waals surface area contributed by atoms with Crippen LogP contribution in [0.15, 0.2) is 78.4 Å². The number of allylic oxidation sites excluding steroid dienone is 4. The Morgan fingerprint density at radius 3 is 2.43 bits per heavy atom. The molecule has 1 radical (unpaired) electrons. The third kappa shape index (κ3) is 4.33. The largest absolute Gasteiger partial charge is 0.396 e. The summed E-state index contributed by atoms with van der Waals surface area (Å²) in [6.07, 6.45) is 6.70. The molecule has 3 atom stereocenters. The minimum Gasteiger partial charge on any atom is -0.396 e. The predicted molar refractivity (Wildman–Crippen MR) is 122 cm³/mol. The summed E-state index contributed by atoms with van der Waals surface area (Å²) < 4.78 is 0. The molecule has 3 nitrogen and oxygen atoms in total. The Labute approximate surface area is 179 Å². The van der Waals surface area contributed by atoms with Crippen LogP contribution in [0.2, 0.25) is 0 Å². The first-order valence-electron chi connectivity index (χ1n) is 11.0. The summed E-state index contributed by atoms with van der Waals surface area (Å²) in [6.45, 7) is 4.18. The topological polar surface area (TPSA) is 49.3 Å². The summed E-state index contributed by atoms with van der Waals surface area (Å²) in [5.74, 6) is 1.93. The highest BCUT2D eigenvalue weighted by molar-refractivity contribution is 6.19. The summed E-state index contributed by atoms with van der Waals surface area (Å²) in [5.41, 5.74) is 3.49. The fourth-order valence-electron chi connectivity index (χ4n) is 4.68. The molecule has 0 saturated carbocycles. The van der Waals surface area contributed by atoms with E-state index in [4.69, 9.17) is 0 Å². The normalized spacial score (nSPS) is 23.4. The first-order chi connectivity index (χ1) is 14.7. The van der Waals surface area contributed by atoms with Crippen LogP contribution >= 0.6 is 0 Å². The number of hydrogen-bond acceptors (Lipinski definition) is 3. The molecule has 1 fully saturated rings. The lowest BCUT2D eigenvalue weighted by Gasteiger charge is -2.38. The molecule has 0 bridgehead atoms. The number of rotatable bonds is 6. The average molecular weight is 401 g/mol. The molecule has 2 N–H and O–H groups in total. The van der Waals surface area contributed by atoms with Gasteiger partial charge in [-0.2, -0.15) is 0 Å². The molecule has 3 heteroatoms. The van der Waals surface area contributed by atoms with Gasteiger partial charge in [-0.25, -0.2) is 0 Å². The summed E-state index contributed by atoms with van der Waals surface area (Å²) in [5, 5.41) is 13.5. The summed E-state index contributed by atoms with van der Waals surface area (Å²) in [7, 11) is 0. The molecule has 2 unspecified atom stereocenters. The van der Waals surface area contributed by atoms with Crippen LogP contribution in [0.4, 0.5) is 0 Å². The van der Waals surface area contributed by atoms with Crippen molar-refractivity contribution in [3.8, 4) is 0 Å². The zero-order chi connectivity index (χ0) is 20.9. The number of nitrogens with one attached hydrogen (secondary N) is 1. The van der Waals surface area contributed by atoms with Crippen LogP contribution in [-0.4, -0.2) is 30.6 Å². The first kappa shape index (κ1) is 20.8. The standard InChI is InChI=1S/C27H30NO2/c1-19(18-29)23-15-26(27(30)21-11-6-3-7-12-21)24(20-9-4-2-5-10-20)16-25(23)22-13-8-14-28-17-22/h2-7,9-12,15-16,19,22,25,28-29H,8,13-14,17-18H2,1H3/t19-,22?,25?/m1/s1. The Kier molecular flexibility index (Phi) is 6.61. The molecule has 30 heavy (non-hydrogen) atoms. The molecular formula is C27H30NO2. The summed E-state index contributed by atoms with van der Waals surface area (Å²) in [4.78, 5) is 13.5. The van der Waals surface area contributed by atoms with E-state index in [1.165, 1.54) is 5.92 Å². The quantitative estimate of drug-likeness (QED) is 0.691. The van der Waals surface area contributed by atoms with Crippen molar-refractivity contribution in [2.45, 2.75) is 19.8 Å². The molecule has 4 rings (SSSR count). The van der Waals surface area contributed by atoms with Crippen LogP contribution in [0.1, 0.15) is 35.7 Å². The second kappa shape index (κ2) is 9.55. The van der Waals surface area contributed by atoms with Gasteiger partial charge in [0.05, 0.1) is 0 Å². The maximum Gasteiger partial charge on any atom is 0.193 e. The number of carbonyl (C=O) groups excluding carboxylic acids is 1. The molecule has 0 spiro atoms. The van der Waals surface area contributed by atoms with E-state index in [0.29, 0.717) is 11.5 Å². The number of piperidine rings is 1. The Morgan fingerprint density at radius 1 is 1.10 bits per heavy atom. The average Bonchev–Trinajstić information content (AvgIpc) is 2.84. The number of benzene rings is 2. The smallest absolute Gasteiger partial charge is 0.193 e. The molecule has 0 amide bonds. The second-order valence-electron chi connectivity index (χ2n) is 8.42. The van der Waals surface area contributed by atoms with Gasteiger partial charge in [-0.3, -0.25) is 4.79 Å². The molecular weight excluding hydrogens is 370 g/mol. The number of aliphatic hydroxyl groups excluding tert-OH is 1. The minimum atomic E-state index is 0.0177. The molecule has 2 aliphatic rings. The van der Waals surface area contributed by atoms with Crippen molar-refractivity contribution in [1.29, 1.82) is 0 Å². The number of Topliss-reactive ketones (excluding diaryl/α,β-unsaturated/α-hetero) is 1. The van der Waals surface area contributed by atoms with Gasteiger partial charge in [0, 0.05) is 23.7 Å². The van der Waals surface area contributed by atoms with Crippen molar-refractivity contribution in [2.75, 3.05) is 19.7 Å². The first-order valence-corrected chi connectivity index (χ1v) is 11.0. The Balaban J connectivity index is 1.80. The second-order valence-corrected chi connectivity index (χ2v) is 8.42. The van der Waals surface area contributed by atoms with Crippen LogP contribution in [0.3, 0.4) is 0 Å². The van der Waals surface area contributed by atoms with E-state index in [1.807, 2.05) is 48.5 Å². The highest BCUT2D eigenvalue weighted by atomic mass is 16.3. The van der Waals surface area contributed by atoms with Gasteiger partial charge < -0.3 is 10.4 Å². The zero-order valence-corrected chi connectivity index (χ0v) is 17.6. The molecule has 2 aromatic rings. The van der Waals surface area contributed by atoms with Crippen molar-refractivity contribution >= 4 is 11.4 Å². The number of carbonyl (C=O) groups is 1. The van der Waals surface area contributed by atoms with Crippen molar-refractivity contribution in [2.24, 2.45) is 17.8 Å². The molecule has 1 heterocycles. The van der Waals surface area contributed by atoms with E-state index in [2.05, 4.69) is 36.5 Å². The predicted octanol–water partition coefficient (Wildman–Crippen LogP) is 4.71. The number of ketones is 1. The molecule has 1 aliphatic carbocycles. The van der Waals surface area contributed by atoms with E-state index >= 15 is 0 Å². The number of hydrogen-bond donors (Lipinski definition) is 2. The fourth-order valence-corrected chi connectivity index (χ4v) is 4.68. The lowest BCUT2D eigenvalue weighted by atomic mass is 9.67. The van der Waals surface area contributed by atoms with Gasteiger partial charge in [0.1, 0.15) is 0 Å². The molecule has 2 aromatic carbocycles. The van der Waals surface area contributed by atoms with Crippen molar-refractivity contribution < 1.29 is 9.90 Å². The van der Waals surface area contributed by atoms with E-state index in [-0.39, 0.29) is 24.2 Å². The van der Waals surface area contributed by atoms with Crippen molar-refractivity contribution in [3.05, 3.63) is 95.4 Å². The minimum absolute atomic E-state index is 0.0177. The SMILES string of the molecule is C[C@H](CO)[C]1C=C(C(=O)c2ccccc2)C(c2ccccc2)=CC1C1CCCNC1. The van der Waals surface area contributed by atoms with Gasteiger partial charge in [0.25, 0.3) is 0 Å². The van der Waals surface area contributed by atoms with E-state index in [0.717, 1.165) is 42.6 Å². The lowest BCUT2D eigenvalue weighted by Crippen LogP contribution is -2.38. The third-order valence-corrected chi connectivity index (χ3v) is 6.38. The fraction of sp³-hybridized carbons (Fsp3) is 0.333. The van der Waals surface area contributed by atoms with Gasteiger partial charge >= 0.3 is 0 Å². The van der Waals surface area contributed by atoms with Gasteiger partial charge in [0.2, 0.25) is 0 Å². The Morgan fingerprint density at radius 2 is 1.80 bits per heavy atom. The van der Waals surface area contributed by atoms with E-state index in [1.54, 1.807) is 0 Å². The Hall–Kier alpha value is -2.49. The zero-order valence-electron chi connectivity index (χ0n) is 17.6. The Bertz CT molecular complexity index is 910. The maximum atomic E-state index is 13.5. The van der Waals surface area contributed by atoms with E-state index < -0.39 is 0 Å². The van der Waals surface area contributed by atoms with Crippen LogP contribution in [0, 0.1) is 23.7 Å². The molecule has 155 valence electrons. The summed E-state index contributed by atoms with van der Waals surface area (Å²) >= 11 is 0. The molecule has 1 saturated heterocycles. The summed E-state index contributed by atoms with van der Waals surface area (Å²) in [6, 6.07) is 19.7. The van der Waals surface area contributed by atoms with Gasteiger partial charge in [0.15, 0.2) is 5.78 Å². The molecule has 0 aromatic heterocycles. The van der Waals surface area contributed by atoms with Gasteiger partial charge in [-0.1, -0.05) is 79.7 Å². The lowest BCUT2D eigenvalue weighted by molar-refractivity contribution is 0.103. The van der Waals surface area contributed by atoms with Gasteiger partial charge in [-0.15, -0.1) is 0 Å². The molecule has 1 aliphatic heterocycles. The van der Waals surface area contributed by atoms with Gasteiger partial charge in [-0.05, 0) is 54.8 Å². The maximum absolute atomic E-state index is 13.5. The van der Waals surface area contributed by atoms with E-state index in [9.17, 15) is 9.90 Å². The van der Waals surface area contributed by atoms with Crippen LogP contribution in [0.5, 0.6) is 0 Å². The van der Waals surface area contributed by atoms with Crippen LogP contribution in [-0.2, 0) is 0 Å². The van der Waals surface area contributed by atoms with Crippen molar-refractivity contribution in [1.82, 2.24) is 5.32 Å². The highest BCUT2D eigenvalue weighted by Crippen LogP contribution is 2.44. The number of aliphatic hydroxyl groups is 1. The third-order valence-electron chi connectivity index (χ3n) is 6.38.